The Balaban J connectivity index is 1.46. The maximum absolute atomic E-state index is 13.4. The number of benzene rings is 2. The van der Waals surface area contributed by atoms with Gasteiger partial charge in [0.1, 0.15) is 11.1 Å². The standard InChI is InChI=1S/C25H25N3O4S/c1-2-16-8-3-5-11-19(16)26-21(29)15-33-25-27-22-18-10-4-6-12-20(18)32-23(22)24(30)28(25)14-17-9-7-13-31-17/h3-6,8,10-12,17H,2,7,9,13-15H2,1H3,(H,26,29). The minimum absolute atomic E-state index is 0.0454. The van der Waals surface area contributed by atoms with Crippen LogP contribution < -0.4 is 10.9 Å². The van der Waals surface area contributed by atoms with Gasteiger partial charge in [-0.3, -0.25) is 14.2 Å². The number of nitrogens with one attached hydrogen (secondary N) is 1. The molecule has 1 saturated heterocycles. The van der Waals surface area contributed by atoms with Gasteiger partial charge < -0.3 is 14.5 Å². The highest BCUT2D eigenvalue weighted by Crippen LogP contribution is 2.28. The first-order valence-corrected chi connectivity index (χ1v) is 12.2. The number of nitrogens with zero attached hydrogens (tertiary/aromatic N) is 2. The molecule has 0 saturated carbocycles. The molecule has 33 heavy (non-hydrogen) atoms. The molecular formula is C25H25N3O4S. The number of para-hydroxylation sites is 2. The summed E-state index contributed by atoms with van der Waals surface area (Å²) in [5.41, 5.74) is 3.03. The van der Waals surface area contributed by atoms with Crippen molar-refractivity contribution in [3.63, 3.8) is 0 Å². The Morgan fingerprint density at radius 3 is 2.85 bits per heavy atom. The summed E-state index contributed by atoms with van der Waals surface area (Å²) in [6.45, 7) is 3.14. The molecule has 1 fully saturated rings. The Morgan fingerprint density at radius 2 is 2.03 bits per heavy atom. The first-order chi connectivity index (χ1) is 16.1. The molecule has 1 amide bonds. The van der Waals surface area contributed by atoms with Crippen LogP contribution in [0.4, 0.5) is 5.69 Å². The van der Waals surface area contributed by atoms with E-state index in [9.17, 15) is 9.59 Å². The van der Waals surface area contributed by atoms with Gasteiger partial charge in [0.2, 0.25) is 11.5 Å². The van der Waals surface area contributed by atoms with E-state index in [1.54, 1.807) is 4.57 Å². The van der Waals surface area contributed by atoms with Crippen LogP contribution in [0.1, 0.15) is 25.3 Å². The molecule has 1 aliphatic heterocycles. The number of carbonyl (C=O) groups excluding carboxylic acids is 1. The maximum atomic E-state index is 13.4. The van der Waals surface area contributed by atoms with Crippen molar-refractivity contribution in [3.8, 4) is 0 Å². The van der Waals surface area contributed by atoms with Gasteiger partial charge in [-0.15, -0.1) is 0 Å². The van der Waals surface area contributed by atoms with E-state index < -0.39 is 0 Å². The van der Waals surface area contributed by atoms with Gasteiger partial charge in [-0.1, -0.05) is 49.0 Å². The van der Waals surface area contributed by atoms with Crippen molar-refractivity contribution in [2.24, 2.45) is 0 Å². The van der Waals surface area contributed by atoms with Gasteiger partial charge in [0.05, 0.1) is 18.4 Å². The first kappa shape index (κ1) is 21.7. The average Bonchev–Trinajstić information content (AvgIpc) is 3.48. The van der Waals surface area contributed by atoms with Crippen molar-refractivity contribution >= 4 is 45.4 Å². The van der Waals surface area contributed by atoms with Crippen LogP contribution in [0.3, 0.4) is 0 Å². The molecule has 4 aromatic rings. The predicted octanol–water partition coefficient (Wildman–Crippen LogP) is 4.61. The van der Waals surface area contributed by atoms with Crippen LogP contribution in [-0.2, 0) is 22.5 Å². The first-order valence-electron chi connectivity index (χ1n) is 11.2. The molecule has 1 unspecified atom stereocenters. The van der Waals surface area contributed by atoms with Crippen LogP contribution in [0.2, 0.25) is 0 Å². The molecule has 5 rings (SSSR count). The van der Waals surface area contributed by atoms with Gasteiger partial charge in [0, 0.05) is 17.7 Å². The Labute approximate surface area is 195 Å². The minimum Gasteiger partial charge on any atom is -0.448 e. The van der Waals surface area contributed by atoms with Gasteiger partial charge in [0.15, 0.2) is 5.16 Å². The molecule has 1 aliphatic rings. The molecule has 0 aliphatic carbocycles. The van der Waals surface area contributed by atoms with Crippen LogP contribution in [0.25, 0.3) is 22.1 Å². The summed E-state index contributed by atoms with van der Waals surface area (Å²) >= 11 is 1.25. The molecule has 1 atom stereocenters. The van der Waals surface area contributed by atoms with E-state index >= 15 is 0 Å². The molecule has 1 N–H and O–H groups in total. The number of ether oxygens (including phenoxy) is 1. The summed E-state index contributed by atoms with van der Waals surface area (Å²) in [4.78, 5) is 30.9. The van der Waals surface area contributed by atoms with Gasteiger partial charge in [-0.25, -0.2) is 4.98 Å². The quantitative estimate of drug-likeness (QED) is 0.318. The Hall–Kier alpha value is -3.10. The van der Waals surface area contributed by atoms with E-state index in [0.29, 0.717) is 29.4 Å². The normalized spacial score (nSPS) is 16.0. The number of aromatic nitrogens is 2. The number of furan rings is 1. The number of anilines is 1. The van der Waals surface area contributed by atoms with Crippen LogP contribution >= 0.6 is 11.8 Å². The number of thioether (sulfide) groups is 1. The van der Waals surface area contributed by atoms with Crippen molar-refractivity contribution in [2.75, 3.05) is 17.7 Å². The zero-order valence-corrected chi connectivity index (χ0v) is 19.2. The fourth-order valence-electron chi connectivity index (χ4n) is 4.18. The molecule has 2 aromatic heterocycles. The molecule has 170 valence electrons. The Kier molecular flexibility index (Phi) is 6.20. The lowest BCUT2D eigenvalue weighted by atomic mass is 10.1. The van der Waals surface area contributed by atoms with Crippen molar-refractivity contribution in [1.29, 1.82) is 0 Å². The lowest BCUT2D eigenvalue weighted by Crippen LogP contribution is -2.29. The van der Waals surface area contributed by atoms with Crippen molar-refractivity contribution in [3.05, 3.63) is 64.4 Å². The van der Waals surface area contributed by atoms with Crippen molar-refractivity contribution in [1.82, 2.24) is 9.55 Å². The number of hydrogen-bond acceptors (Lipinski definition) is 6. The zero-order valence-electron chi connectivity index (χ0n) is 18.4. The largest absolute Gasteiger partial charge is 0.448 e. The monoisotopic (exact) mass is 463 g/mol. The van der Waals surface area contributed by atoms with Crippen molar-refractivity contribution in [2.45, 2.75) is 44.0 Å². The van der Waals surface area contributed by atoms with Crippen LogP contribution in [0, 0.1) is 0 Å². The highest BCUT2D eigenvalue weighted by Gasteiger charge is 2.23. The van der Waals surface area contributed by atoms with Crippen LogP contribution in [-0.4, -0.2) is 33.9 Å². The lowest BCUT2D eigenvalue weighted by Gasteiger charge is -2.15. The van der Waals surface area contributed by atoms with E-state index in [4.69, 9.17) is 14.1 Å². The number of carbonyl (C=O) groups is 1. The topological polar surface area (TPSA) is 86.4 Å². The SMILES string of the molecule is CCc1ccccc1NC(=O)CSc1nc2c(oc3ccccc32)c(=O)n1CC1CCCO1. The summed E-state index contributed by atoms with van der Waals surface area (Å²) in [5.74, 6) is -0.00641. The minimum atomic E-state index is -0.245. The van der Waals surface area contributed by atoms with Crippen LogP contribution in [0.5, 0.6) is 0 Å². The Morgan fingerprint density at radius 1 is 1.21 bits per heavy atom. The number of rotatable bonds is 7. The zero-order chi connectivity index (χ0) is 22.8. The third kappa shape index (κ3) is 4.41. The summed E-state index contributed by atoms with van der Waals surface area (Å²) in [7, 11) is 0. The van der Waals surface area contributed by atoms with Crippen LogP contribution in [0.15, 0.2) is 62.9 Å². The molecule has 7 nitrogen and oxygen atoms in total. The summed E-state index contributed by atoms with van der Waals surface area (Å²) in [5, 5.41) is 4.27. The van der Waals surface area contributed by atoms with Gasteiger partial charge in [-0.2, -0.15) is 0 Å². The second kappa shape index (κ2) is 9.41. The summed E-state index contributed by atoms with van der Waals surface area (Å²) in [6.07, 6.45) is 2.65. The molecule has 0 radical (unpaired) electrons. The third-order valence-corrected chi connectivity index (χ3v) is 6.84. The highest BCUT2D eigenvalue weighted by atomic mass is 32.2. The van der Waals surface area contributed by atoms with Crippen molar-refractivity contribution < 1.29 is 13.9 Å². The van der Waals surface area contributed by atoms with Gasteiger partial charge in [0.25, 0.3) is 5.56 Å². The van der Waals surface area contributed by atoms with E-state index in [2.05, 4.69) is 12.2 Å². The highest BCUT2D eigenvalue weighted by molar-refractivity contribution is 7.99. The van der Waals surface area contributed by atoms with E-state index in [-0.39, 0.29) is 28.9 Å². The van der Waals surface area contributed by atoms with Gasteiger partial charge >= 0.3 is 0 Å². The third-order valence-electron chi connectivity index (χ3n) is 5.86. The lowest BCUT2D eigenvalue weighted by molar-refractivity contribution is -0.113. The number of aryl methyl sites for hydroxylation is 1. The summed E-state index contributed by atoms with van der Waals surface area (Å²) in [6, 6.07) is 15.2. The van der Waals surface area contributed by atoms with Gasteiger partial charge in [-0.05, 0) is 43.0 Å². The molecule has 2 aromatic carbocycles. The van der Waals surface area contributed by atoms with E-state index in [1.807, 2.05) is 48.5 Å². The fourth-order valence-corrected chi connectivity index (χ4v) is 4.98. The smallest absolute Gasteiger partial charge is 0.297 e. The molecular weight excluding hydrogens is 438 g/mol. The summed E-state index contributed by atoms with van der Waals surface area (Å²) < 4.78 is 13.2. The predicted molar refractivity (Wildman–Crippen MR) is 130 cm³/mol. The van der Waals surface area contributed by atoms with E-state index in [0.717, 1.165) is 35.9 Å². The fraction of sp³-hybridized carbons (Fsp3) is 0.320. The number of amides is 1. The second-order valence-corrected chi connectivity index (χ2v) is 9.01. The molecule has 0 spiro atoms. The molecule has 8 heteroatoms. The van der Waals surface area contributed by atoms with E-state index in [1.165, 1.54) is 11.8 Å². The Bertz CT molecular complexity index is 1370. The number of hydrogen-bond donors (Lipinski definition) is 1. The molecule has 3 heterocycles. The average molecular weight is 464 g/mol. The molecule has 0 bridgehead atoms. The second-order valence-electron chi connectivity index (χ2n) is 8.07. The maximum Gasteiger partial charge on any atom is 0.297 e. The number of fused-ring (bicyclic) bond motifs is 3.